The fraction of sp³-hybridized carbons (Fsp3) is 0.364. The second-order valence-corrected chi connectivity index (χ2v) is 6.00. The highest BCUT2D eigenvalue weighted by Crippen LogP contribution is 2.47. The van der Waals surface area contributed by atoms with Crippen molar-refractivity contribution in [3.05, 3.63) is 29.8 Å². The van der Waals surface area contributed by atoms with E-state index >= 15 is 0 Å². The lowest BCUT2D eigenvalue weighted by molar-refractivity contribution is 0.0376. The van der Waals surface area contributed by atoms with E-state index in [1.807, 2.05) is 0 Å². The third-order valence-electron chi connectivity index (χ3n) is 1.91. The van der Waals surface area contributed by atoms with Gasteiger partial charge in [-0.25, -0.2) is 9.36 Å². The minimum absolute atomic E-state index is 0.0220. The van der Waals surface area contributed by atoms with E-state index in [1.54, 1.807) is 26.0 Å². The van der Waals surface area contributed by atoms with Gasteiger partial charge >= 0.3 is 13.8 Å². The van der Waals surface area contributed by atoms with Crippen LogP contribution in [0, 0.1) is 0 Å². The van der Waals surface area contributed by atoms with Gasteiger partial charge in [0.15, 0.2) is 0 Å². The fourth-order valence-corrected chi connectivity index (χ4v) is 2.32. The minimum atomic E-state index is -4.43. The highest BCUT2D eigenvalue weighted by atomic mass is 32.2. The van der Waals surface area contributed by atoms with Crippen molar-refractivity contribution in [2.75, 3.05) is 7.11 Å². The number of phosphoric acid groups is 1. The van der Waals surface area contributed by atoms with Gasteiger partial charge in [-0.15, -0.1) is 4.89 Å². The molecule has 0 radical (unpaired) electrons. The lowest BCUT2D eigenvalue weighted by Gasteiger charge is -2.15. The molecule has 1 rings (SSSR count). The first-order valence-electron chi connectivity index (χ1n) is 5.81. The summed E-state index contributed by atoms with van der Waals surface area (Å²) in [6, 6.07) is 5.90. The van der Waals surface area contributed by atoms with E-state index in [-0.39, 0.29) is 17.4 Å². The number of carbonyl (C=O) groups excluding carboxylic acids is 1. The Bertz CT molecular complexity index is 525. The van der Waals surface area contributed by atoms with Crippen LogP contribution in [-0.2, 0) is 18.1 Å². The van der Waals surface area contributed by atoms with Gasteiger partial charge in [-0.1, -0.05) is 12.1 Å². The Kier molecular flexibility index (Phi) is 7.16. The molecule has 0 fully saturated rings. The Morgan fingerprint density at radius 2 is 2.05 bits per heavy atom. The van der Waals surface area contributed by atoms with Crippen molar-refractivity contribution in [3.8, 4) is 5.75 Å². The average Bonchev–Trinajstić information content (AvgIpc) is 2.38. The molecule has 0 saturated heterocycles. The first-order chi connectivity index (χ1) is 9.85. The van der Waals surface area contributed by atoms with Crippen molar-refractivity contribution in [2.24, 2.45) is 0 Å². The summed E-state index contributed by atoms with van der Waals surface area (Å²) in [7, 11) is -3.13. The SMILES string of the molecule is CONSOP(=O)(O)Oc1ccccc1C(=O)OC(C)C. The van der Waals surface area contributed by atoms with Crippen molar-refractivity contribution in [1.29, 1.82) is 0 Å². The van der Waals surface area contributed by atoms with Crippen LogP contribution in [0.3, 0.4) is 0 Å². The molecule has 0 heterocycles. The molecule has 10 heteroatoms. The Balaban J connectivity index is 2.83. The molecule has 0 bridgehead atoms. The van der Waals surface area contributed by atoms with E-state index in [0.29, 0.717) is 12.2 Å². The van der Waals surface area contributed by atoms with E-state index in [9.17, 15) is 14.3 Å². The Morgan fingerprint density at radius 3 is 2.67 bits per heavy atom. The fourth-order valence-electron chi connectivity index (χ4n) is 1.23. The molecule has 0 aromatic heterocycles. The molecule has 21 heavy (non-hydrogen) atoms. The Morgan fingerprint density at radius 1 is 1.38 bits per heavy atom. The summed E-state index contributed by atoms with van der Waals surface area (Å²) in [5, 5.41) is 0. The molecule has 0 spiro atoms. The molecule has 0 amide bonds. The van der Waals surface area contributed by atoms with Gasteiger partial charge < -0.3 is 9.26 Å². The van der Waals surface area contributed by atoms with Crippen LogP contribution >= 0.6 is 20.1 Å². The van der Waals surface area contributed by atoms with Crippen LogP contribution in [0.4, 0.5) is 0 Å². The highest BCUT2D eigenvalue weighted by Gasteiger charge is 2.27. The Hall–Kier alpha value is -1.09. The van der Waals surface area contributed by atoms with Crippen LogP contribution in [0.5, 0.6) is 5.75 Å². The van der Waals surface area contributed by atoms with Crippen LogP contribution in [0.25, 0.3) is 0 Å². The molecule has 0 saturated carbocycles. The number of rotatable bonds is 8. The molecular formula is C11H16NO7PS. The van der Waals surface area contributed by atoms with Crippen LogP contribution in [0.1, 0.15) is 24.2 Å². The molecular weight excluding hydrogens is 321 g/mol. The average molecular weight is 337 g/mol. The third-order valence-corrected chi connectivity index (χ3v) is 3.63. The highest BCUT2D eigenvalue weighted by molar-refractivity contribution is 7.96. The van der Waals surface area contributed by atoms with Gasteiger partial charge in [-0.2, -0.15) is 3.97 Å². The maximum atomic E-state index is 11.9. The molecule has 1 unspecified atom stereocenters. The van der Waals surface area contributed by atoms with Crippen LogP contribution in [0.15, 0.2) is 24.3 Å². The molecule has 0 aliphatic rings. The maximum absolute atomic E-state index is 11.9. The van der Waals surface area contributed by atoms with Crippen LogP contribution < -0.4 is 9.41 Å². The summed E-state index contributed by atoms with van der Waals surface area (Å²) in [5.41, 5.74) is 0.0220. The van der Waals surface area contributed by atoms with Crippen molar-refractivity contribution in [3.63, 3.8) is 0 Å². The minimum Gasteiger partial charge on any atom is -0.459 e. The summed E-state index contributed by atoms with van der Waals surface area (Å²) in [6.07, 6.45) is -0.329. The number of ether oxygens (including phenoxy) is 1. The van der Waals surface area contributed by atoms with E-state index in [2.05, 4.69) is 13.7 Å². The van der Waals surface area contributed by atoms with E-state index in [4.69, 9.17) is 9.26 Å². The number of benzene rings is 1. The number of phosphoric ester groups is 1. The molecule has 8 nitrogen and oxygen atoms in total. The maximum Gasteiger partial charge on any atom is 0.540 e. The van der Waals surface area contributed by atoms with Crippen molar-refractivity contribution in [1.82, 2.24) is 4.89 Å². The first-order valence-corrected chi connectivity index (χ1v) is 8.05. The van der Waals surface area contributed by atoms with E-state index in [0.717, 1.165) is 0 Å². The molecule has 2 N–H and O–H groups in total. The number of carbonyl (C=O) groups is 1. The smallest absolute Gasteiger partial charge is 0.459 e. The third kappa shape index (κ3) is 6.47. The lowest BCUT2D eigenvalue weighted by atomic mass is 10.2. The largest absolute Gasteiger partial charge is 0.540 e. The molecule has 1 aromatic carbocycles. The normalized spacial score (nSPS) is 13.8. The zero-order chi connectivity index (χ0) is 15.9. The number of nitrogens with one attached hydrogen (secondary N) is 1. The van der Waals surface area contributed by atoms with Gasteiger partial charge in [-0.3, -0.25) is 9.73 Å². The number of para-hydroxylation sites is 1. The monoisotopic (exact) mass is 337 g/mol. The standard InChI is InChI=1S/C11H16NO7PS/c1-8(2)17-11(13)9-6-4-5-7-10(9)18-20(14,15)19-21-12-16-3/h4-8,12H,1-3H3,(H,14,15). The summed E-state index contributed by atoms with van der Waals surface area (Å²) in [4.78, 5) is 28.0. The predicted octanol–water partition coefficient (Wildman–Crippen LogP) is 2.46. The zero-order valence-electron chi connectivity index (χ0n) is 11.6. The van der Waals surface area contributed by atoms with Crippen LogP contribution in [0.2, 0.25) is 0 Å². The van der Waals surface area contributed by atoms with Crippen LogP contribution in [-0.4, -0.2) is 24.1 Å². The van der Waals surface area contributed by atoms with Gasteiger partial charge in [0.05, 0.1) is 13.2 Å². The quantitative estimate of drug-likeness (QED) is 0.185. The zero-order valence-corrected chi connectivity index (χ0v) is 13.3. The van der Waals surface area contributed by atoms with Gasteiger partial charge in [0, 0.05) is 0 Å². The van der Waals surface area contributed by atoms with Gasteiger partial charge in [0.25, 0.3) is 0 Å². The Labute approximate surface area is 126 Å². The van der Waals surface area contributed by atoms with Gasteiger partial charge in [-0.05, 0) is 26.0 Å². The number of hydrogen-bond acceptors (Lipinski definition) is 8. The molecule has 0 aliphatic carbocycles. The predicted molar refractivity (Wildman–Crippen MR) is 76.3 cm³/mol. The summed E-state index contributed by atoms with van der Waals surface area (Å²) in [5.74, 6) is -0.782. The number of hydrogen-bond donors (Lipinski definition) is 2. The first kappa shape index (κ1) is 18.0. The summed E-state index contributed by atoms with van der Waals surface area (Å²) in [6.45, 7) is 3.38. The number of esters is 1. The van der Waals surface area contributed by atoms with Crippen molar-refractivity contribution < 1.29 is 32.3 Å². The summed E-state index contributed by atoms with van der Waals surface area (Å²) < 4.78 is 26.1. The van der Waals surface area contributed by atoms with Crippen molar-refractivity contribution in [2.45, 2.75) is 20.0 Å². The molecule has 1 atom stereocenters. The second kappa shape index (κ2) is 8.38. The molecule has 118 valence electrons. The second-order valence-electron chi connectivity index (χ2n) is 3.96. The lowest BCUT2D eigenvalue weighted by Crippen LogP contribution is -2.13. The van der Waals surface area contributed by atoms with Crippen molar-refractivity contribution >= 4 is 26.0 Å². The molecule has 0 aliphatic heterocycles. The van der Waals surface area contributed by atoms with Gasteiger partial charge in [0.1, 0.15) is 23.5 Å². The topological polar surface area (TPSA) is 103 Å². The van der Waals surface area contributed by atoms with E-state index in [1.165, 1.54) is 19.2 Å². The van der Waals surface area contributed by atoms with E-state index < -0.39 is 13.8 Å². The summed E-state index contributed by atoms with van der Waals surface area (Å²) >= 11 is 0.378. The van der Waals surface area contributed by atoms with Gasteiger partial charge in [0.2, 0.25) is 0 Å². The molecule has 1 aromatic rings.